The van der Waals surface area contributed by atoms with Gasteiger partial charge in [0.25, 0.3) is 0 Å². The molecule has 5 nitrogen and oxygen atoms in total. The Morgan fingerprint density at radius 3 is 2.21 bits per heavy atom. The minimum atomic E-state index is -1.34. The fourth-order valence-electron chi connectivity index (χ4n) is 2.17. The van der Waals surface area contributed by atoms with E-state index < -0.39 is 16.8 Å². The van der Waals surface area contributed by atoms with Crippen LogP contribution in [-0.4, -0.2) is 38.9 Å². The first kappa shape index (κ1) is 17.9. The monoisotopic (exact) mass is 345 g/mol. The molecule has 1 atom stereocenters. The normalized spacial score (nSPS) is 11.7. The van der Waals surface area contributed by atoms with Crippen LogP contribution in [0, 0.1) is 0 Å². The van der Waals surface area contributed by atoms with Crippen LogP contribution in [0.2, 0.25) is 0 Å². The highest BCUT2D eigenvalue weighted by Crippen LogP contribution is 2.08. The lowest BCUT2D eigenvalue weighted by atomic mass is 10.1. The lowest BCUT2D eigenvalue weighted by Crippen LogP contribution is -2.30. The van der Waals surface area contributed by atoms with Gasteiger partial charge in [-0.2, -0.15) is 0 Å². The van der Waals surface area contributed by atoms with Gasteiger partial charge in [0, 0.05) is 30.1 Å². The molecule has 0 aromatic heterocycles. The van der Waals surface area contributed by atoms with Crippen LogP contribution in [0.3, 0.4) is 0 Å². The van der Waals surface area contributed by atoms with Gasteiger partial charge in [0.2, 0.25) is 5.91 Å². The van der Waals surface area contributed by atoms with Gasteiger partial charge in [0.15, 0.2) is 0 Å². The molecule has 6 heteroatoms. The van der Waals surface area contributed by atoms with E-state index in [-0.39, 0.29) is 23.0 Å². The Balaban J connectivity index is 1.86. The third-order valence-corrected chi connectivity index (χ3v) is 4.73. The number of carbonyl (C=O) groups is 2. The molecule has 0 radical (unpaired) electrons. The van der Waals surface area contributed by atoms with Crippen molar-refractivity contribution in [3.8, 4) is 0 Å². The van der Waals surface area contributed by atoms with E-state index in [0.717, 1.165) is 11.1 Å². The number of carbonyl (C=O) groups excluding carboxylic acids is 1. The quantitative estimate of drug-likeness (QED) is 0.835. The summed E-state index contributed by atoms with van der Waals surface area (Å²) in [7, 11) is 0.353. The third-order valence-electron chi connectivity index (χ3n) is 3.50. The van der Waals surface area contributed by atoms with Gasteiger partial charge in [-0.25, -0.2) is 4.79 Å². The van der Waals surface area contributed by atoms with Crippen LogP contribution < -0.4 is 0 Å². The molecule has 0 aliphatic heterocycles. The summed E-state index contributed by atoms with van der Waals surface area (Å²) in [6, 6.07) is 15.8. The fraction of sp³-hybridized carbons (Fsp3) is 0.222. The van der Waals surface area contributed by atoms with Crippen molar-refractivity contribution in [3.05, 3.63) is 71.3 Å². The zero-order valence-corrected chi connectivity index (χ0v) is 14.2. The molecule has 1 amide bonds. The predicted molar refractivity (Wildman–Crippen MR) is 93.0 cm³/mol. The molecule has 2 aromatic carbocycles. The van der Waals surface area contributed by atoms with Crippen LogP contribution in [0.1, 0.15) is 21.5 Å². The molecule has 1 unspecified atom stereocenters. The fourth-order valence-corrected chi connectivity index (χ4v) is 3.34. The molecule has 1 N–H and O–H groups in total. The third kappa shape index (κ3) is 5.31. The molecular weight excluding hydrogens is 326 g/mol. The smallest absolute Gasteiger partial charge is 0.335 e. The molecule has 0 aliphatic carbocycles. The predicted octanol–water partition coefficient (Wildman–Crippen LogP) is 2.29. The van der Waals surface area contributed by atoms with Crippen LogP contribution in [0.5, 0.6) is 0 Å². The molecule has 24 heavy (non-hydrogen) atoms. The maximum atomic E-state index is 12.1. The van der Waals surface area contributed by atoms with E-state index in [9.17, 15) is 13.8 Å². The number of aromatic carboxylic acids is 1. The van der Waals surface area contributed by atoms with Crippen molar-refractivity contribution in [1.29, 1.82) is 0 Å². The van der Waals surface area contributed by atoms with Crippen LogP contribution in [-0.2, 0) is 27.9 Å². The van der Waals surface area contributed by atoms with Crippen molar-refractivity contribution < 1.29 is 18.9 Å². The maximum Gasteiger partial charge on any atom is 0.335 e. The number of hydrogen-bond donors (Lipinski definition) is 1. The van der Waals surface area contributed by atoms with Crippen LogP contribution in [0.4, 0.5) is 0 Å². The highest BCUT2D eigenvalue weighted by molar-refractivity contribution is 7.84. The van der Waals surface area contributed by atoms with Crippen LogP contribution in [0.15, 0.2) is 54.6 Å². The zero-order valence-electron chi connectivity index (χ0n) is 13.3. The molecule has 0 saturated heterocycles. The Morgan fingerprint density at radius 1 is 1.00 bits per heavy atom. The second kappa shape index (κ2) is 8.40. The van der Waals surface area contributed by atoms with E-state index in [1.165, 1.54) is 12.1 Å². The molecule has 0 heterocycles. The van der Waals surface area contributed by atoms with E-state index in [4.69, 9.17) is 5.11 Å². The van der Waals surface area contributed by atoms with E-state index in [1.54, 1.807) is 24.1 Å². The van der Waals surface area contributed by atoms with Gasteiger partial charge in [0.1, 0.15) is 5.75 Å². The van der Waals surface area contributed by atoms with Crippen LogP contribution >= 0.6 is 0 Å². The summed E-state index contributed by atoms with van der Waals surface area (Å²) in [5, 5.41) is 8.85. The van der Waals surface area contributed by atoms with Crippen molar-refractivity contribution in [1.82, 2.24) is 4.90 Å². The van der Waals surface area contributed by atoms with Gasteiger partial charge < -0.3 is 10.0 Å². The van der Waals surface area contributed by atoms with E-state index in [1.807, 2.05) is 30.3 Å². The molecule has 0 saturated carbocycles. The summed E-state index contributed by atoms with van der Waals surface area (Å²) in [6.07, 6.45) is 0. The highest BCUT2D eigenvalue weighted by Gasteiger charge is 2.14. The van der Waals surface area contributed by atoms with Crippen LogP contribution in [0.25, 0.3) is 0 Å². The summed E-state index contributed by atoms with van der Waals surface area (Å²) in [6.45, 7) is 0.476. The zero-order chi connectivity index (χ0) is 17.5. The number of benzene rings is 2. The summed E-state index contributed by atoms with van der Waals surface area (Å²) < 4.78 is 12.1. The Bertz CT molecular complexity index is 728. The van der Waals surface area contributed by atoms with Gasteiger partial charge >= 0.3 is 5.97 Å². The number of hydrogen-bond acceptors (Lipinski definition) is 3. The van der Waals surface area contributed by atoms with Gasteiger partial charge in [0.05, 0.1) is 5.56 Å². The molecule has 0 bridgehead atoms. The van der Waals surface area contributed by atoms with Crippen molar-refractivity contribution in [3.63, 3.8) is 0 Å². The molecule has 126 valence electrons. The van der Waals surface area contributed by atoms with Gasteiger partial charge in [-0.1, -0.05) is 42.5 Å². The molecule has 2 rings (SSSR count). The van der Waals surface area contributed by atoms with Crippen molar-refractivity contribution in [2.45, 2.75) is 12.3 Å². The number of amides is 1. The summed E-state index contributed by atoms with van der Waals surface area (Å²) in [4.78, 5) is 24.5. The number of rotatable bonds is 7. The van der Waals surface area contributed by atoms with Crippen molar-refractivity contribution >= 4 is 22.7 Å². The van der Waals surface area contributed by atoms with Gasteiger partial charge in [-0.3, -0.25) is 9.00 Å². The molecule has 0 fully saturated rings. The topological polar surface area (TPSA) is 74.7 Å². The molecule has 2 aromatic rings. The highest BCUT2D eigenvalue weighted by atomic mass is 32.2. The average molecular weight is 345 g/mol. The Hall–Kier alpha value is -2.47. The molecular formula is C18H19NO4S. The van der Waals surface area contributed by atoms with E-state index >= 15 is 0 Å². The minimum Gasteiger partial charge on any atom is -0.478 e. The first-order chi connectivity index (χ1) is 11.5. The van der Waals surface area contributed by atoms with Gasteiger partial charge in [-0.05, 0) is 23.3 Å². The number of carboxylic acid groups (broad SMARTS) is 1. The lowest BCUT2D eigenvalue weighted by molar-refractivity contribution is -0.127. The Labute approximate surface area is 143 Å². The number of nitrogens with zero attached hydrogens (tertiary/aromatic N) is 1. The Morgan fingerprint density at radius 2 is 1.62 bits per heavy atom. The summed E-state index contributed by atoms with van der Waals surface area (Å²) in [5.74, 6) is -1.01. The standard InChI is InChI=1S/C18H19NO4S/c1-19(11-14-5-3-2-4-6-14)17(20)13-24(23)12-15-7-9-16(10-8-15)18(21)22/h2-10H,11-13H2,1H3,(H,21,22). The second-order valence-corrected chi connectivity index (χ2v) is 6.92. The van der Waals surface area contributed by atoms with Crippen molar-refractivity contribution in [2.24, 2.45) is 0 Å². The van der Waals surface area contributed by atoms with Crippen molar-refractivity contribution in [2.75, 3.05) is 12.8 Å². The van der Waals surface area contributed by atoms with Gasteiger partial charge in [-0.15, -0.1) is 0 Å². The minimum absolute atomic E-state index is 0.0516. The van der Waals surface area contributed by atoms with E-state index in [0.29, 0.717) is 6.54 Å². The summed E-state index contributed by atoms with van der Waals surface area (Å²) >= 11 is 0. The largest absolute Gasteiger partial charge is 0.478 e. The second-order valence-electron chi connectivity index (χ2n) is 5.47. The first-order valence-corrected chi connectivity index (χ1v) is 8.89. The maximum absolute atomic E-state index is 12.1. The molecule has 0 spiro atoms. The average Bonchev–Trinajstić information content (AvgIpc) is 2.56. The SMILES string of the molecule is CN(Cc1ccccc1)C(=O)CS(=O)Cc1ccc(C(=O)O)cc1. The number of carboxylic acids is 1. The lowest BCUT2D eigenvalue weighted by Gasteiger charge is -2.17. The van der Waals surface area contributed by atoms with E-state index in [2.05, 4.69) is 0 Å². The Kier molecular flexibility index (Phi) is 6.26. The first-order valence-electron chi connectivity index (χ1n) is 7.41. The molecule has 0 aliphatic rings. The summed E-state index contributed by atoms with van der Waals surface area (Å²) in [5.41, 5.74) is 1.95.